The first-order chi connectivity index (χ1) is 12.3. The van der Waals surface area contributed by atoms with Gasteiger partial charge in [-0.2, -0.15) is 0 Å². The van der Waals surface area contributed by atoms with Crippen molar-refractivity contribution in [2.24, 2.45) is 5.92 Å². The second-order valence-corrected chi connectivity index (χ2v) is 8.57. The first kappa shape index (κ1) is 18.5. The summed E-state index contributed by atoms with van der Waals surface area (Å²) in [6.07, 6.45) is 3.79. The van der Waals surface area contributed by atoms with Gasteiger partial charge in [-0.1, -0.05) is 12.8 Å². The Hall–Kier alpha value is -2.28. The Bertz CT molecular complexity index is 905. The number of benzene rings is 2. The molecule has 7 heteroatoms. The van der Waals surface area contributed by atoms with Gasteiger partial charge < -0.3 is 5.32 Å². The summed E-state index contributed by atoms with van der Waals surface area (Å²) in [4.78, 5) is 12.2. The van der Waals surface area contributed by atoms with Gasteiger partial charge in [0.1, 0.15) is 11.6 Å². The highest BCUT2D eigenvalue weighted by atomic mass is 32.2. The number of carbonyl (C=O) groups excluding carboxylic acids is 1. The average Bonchev–Trinajstić information content (AvgIpc) is 3.09. The average molecular weight is 379 g/mol. The predicted molar refractivity (Wildman–Crippen MR) is 94.8 cm³/mol. The third-order valence-corrected chi connectivity index (χ3v) is 6.46. The molecular weight excluding hydrogens is 360 g/mol. The summed E-state index contributed by atoms with van der Waals surface area (Å²) in [5.74, 6) is -1.94. The van der Waals surface area contributed by atoms with Crippen molar-refractivity contribution in [1.82, 2.24) is 0 Å². The zero-order chi connectivity index (χ0) is 18.7. The van der Waals surface area contributed by atoms with E-state index in [-0.39, 0.29) is 27.8 Å². The van der Waals surface area contributed by atoms with Gasteiger partial charge in [0.15, 0.2) is 9.84 Å². The SMILES string of the molecule is O=C(Nc1ccc(F)cc1)c1cc(S(=O)(=O)CC2CCCC2)ccc1F. The zero-order valence-corrected chi connectivity index (χ0v) is 14.9. The molecule has 1 aliphatic rings. The molecule has 138 valence electrons. The summed E-state index contributed by atoms with van der Waals surface area (Å²) in [5, 5.41) is 2.44. The summed E-state index contributed by atoms with van der Waals surface area (Å²) in [5.41, 5.74) is -0.0724. The van der Waals surface area contributed by atoms with Crippen LogP contribution in [0.3, 0.4) is 0 Å². The Morgan fingerprint density at radius 3 is 2.35 bits per heavy atom. The fraction of sp³-hybridized carbons (Fsp3) is 0.316. The normalized spacial score (nSPS) is 15.2. The third-order valence-electron chi connectivity index (χ3n) is 4.57. The lowest BCUT2D eigenvalue weighted by atomic mass is 10.1. The standard InChI is InChI=1S/C19H19F2NO3S/c20-14-5-7-15(8-6-14)22-19(23)17-11-16(9-10-18(17)21)26(24,25)12-13-3-1-2-4-13/h5-11,13H,1-4,12H2,(H,22,23). The van der Waals surface area contributed by atoms with E-state index in [0.717, 1.165) is 49.9 Å². The Balaban J connectivity index is 1.82. The van der Waals surface area contributed by atoms with Crippen LogP contribution < -0.4 is 5.32 Å². The largest absolute Gasteiger partial charge is 0.322 e. The quantitative estimate of drug-likeness (QED) is 0.793. The van der Waals surface area contributed by atoms with Gasteiger partial charge in [-0.25, -0.2) is 17.2 Å². The van der Waals surface area contributed by atoms with Gasteiger partial charge in [-0.05, 0) is 61.2 Å². The van der Waals surface area contributed by atoms with Crippen molar-refractivity contribution in [3.05, 3.63) is 59.7 Å². The zero-order valence-electron chi connectivity index (χ0n) is 14.0. The minimum atomic E-state index is -3.59. The molecule has 2 aromatic carbocycles. The van der Waals surface area contributed by atoms with Crippen molar-refractivity contribution in [2.75, 3.05) is 11.1 Å². The predicted octanol–water partition coefficient (Wildman–Crippen LogP) is 4.18. The fourth-order valence-electron chi connectivity index (χ4n) is 3.19. The topological polar surface area (TPSA) is 63.2 Å². The molecule has 4 nitrogen and oxygen atoms in total. The van der Waals surface area contributed by atoms with E-state index < -0.39 is 27.4 Å². The van der Waals surface area contributed by atoms with Gasteiger partial charge in [-0.15, -0.1) is 0 Å². The molecule has 1 aliphatic carbocycles. The van der Waals surface area contributed by atoms with Gasteiger partial charge in [0.25, 0.3) is 5.91 Å². The molecule has 0 heterocycles. The lowest BCUT2D eigenvalue weighted by Gasteiger charge is -2.12. The molecule has 0 aliphatic heterocycles. The smallest absolute Gasteiger partial charge is 0.258 e. The van der Waals surface area contributed by atoms with E-state index in [9.17, 15) is 22.0 Å². The molecule has 26 heavy (non-hydrogen) atoms. The number of hydrogen-bond acceptors (Lipinski definition) is 3. The molecule has 2 aromatic rings. The van der Waals surface area contributed by atoms with Crippen molar-refractivity contribution in [3.63, 3.8) is 0 Å². The number of nitrogens with one attached hydrogen (secondary N) is 1. The molecule has 0 spiro atoms. The number of anilines is 1. The Kier molecular flexibility index (Phi) is 5.36. The number of hydrogen-bond donors (Lipinski definition) is 1. The van der Waals surface area contributed by atoms with E-state index in [1.807, 2.05) is 0 Å². The van der Waals surface area contributed by atoms with Crippen LogP contribution in [0.2, 0.25) is 0 Å². The maximum atomic E-state index is 14.1. The van der Waals surface area contributed by atoms with Crippen molar-refractivity contribution in [2.45, 2.75) is 30.6 Å². The van der Waals surface area contributed by atoms with Gasteiger partial charge in [-0.3, -0.25) is 4.79 Å². The summed E-state index contributed by atoms with van der Waals surface area (Å²) in [6.45, 7) is 0. The lowest BCUT2D eigenvalue weighted by Crippen LogP contribution is -2.17. The second kappa shape index (κ2) is 7.53. The molecule has 3 rings (SSSR count). The fourth-order valence-corrected chi connectivity index (χ4v) is 4.91. The summed E-state index contributed by atoms with van der Waals surface area (Å²) in [6, 6.07) is 8.24. The van der Waals surface area contributed by atoms with Crippen LogP contribution in [0, 0.1) is 17.6 Å². The Morgan fingerprint density at radius 2 is 1.69 bits per heavy atom. The Morgan fingerprint density at radius 1 is 1.04 bits per heavy atom. The van der Waals surface area contributed by atoms with Gasteiger partial charge in [0.05, 0.1) is 16.2 Å². The van der Waals surface area contributed by atoms with Crippen molar-refractivity contribution in [1.29, 1.82) is 0 Å². The minimum Gasteiger partial charge on any atom is -0.322 e. The number of sulfone groups is 1. The third kappa shape index (κ3) is 4.27. The number of rotatable bonds is 5. The highest BCUT2D eigenvalue weighted by Crippen LogP contribution is 2.28. The molecule has 0 aromatic heterocycles. The highest BCUT2D eigenvalue weighted by Gasteiger charge is 2.25. The summed E-state index contributed by atoms with van der Waals surface area (Å²) < 4.78 is 52.1. The minimum absolute atomic E-state index is 0.0116. The Labute approximate surface area is 151 Å². The van der Waals surface area contributed by atoms with Crippen LogP contribution in [-0.2, 0) is 9.84 Å². The molecule has 0 unspecified atom stereocenters. The number of amides is 1. The number of carbonyl (C=O) groups is 1. The van der Waals surface area contributed by atoms with Gasteiger partial charge >= 0.3 is 0 Å². The van der Waals surface area contributed by atoms with Crippen LogP contribution >= 0.6 is 0 Å². The van der Waals surface area contributed by atoms with E-state index in [2.05, 4.69) is 5.32 Å². The molecular formula is C19H19F2NO3S. The van der Waals surface area contributed by atoms with Crippen LogP contribution in [0.15, 0.2) is 47.4 Å². The molecule has 0 atom stereocenters. The number of halogens is 2. The molecule has 1 fully saturated rings. The maximum Gasteiger partial charge on any atom is 0.258 e. The van der Waals surface area contributed by atoms with Gasteiger partial charge in [0, 0.05) is 5.69 Å². The van der Waals surface area contributed by atoms with Crippen molar-refractivity contribution in [3.8, 4) is 0 Å². The van der Waals surface area contributed by atoms with Crippen molar-refractivity contribution >= 4 is 21.4 Å². The first-order valence-corrected chi connectivity index (χ1v) is 10.1. The second-order valence-electron chi connectivity index (χ2n) is 6.53. The van der Waals surface area contributed by atoms with E-state index in [1.165, 1.54) is 18.2 Å². The van der Waals surface area contributed by atoms with E-state index in [0.29, 0.717) is 0 Å². The maximum absolute atomic E-state index is 14.1. The summed E-state index contributed by atoms with van der Waals surface area (Å²) in [7, 11) is -3.59. The van der Waals surface area contributed by atoms with Crippen LogP contribution in [0.5, 0.6) is 0 Å². The van der Waals surface area contributed by atoms with E-state index in [4.69, 9.17) is 0 Å². The molecule has 1 N–H and O–H groups in total. The molecule has 0 radical (unpaired) electrons. The molecule has 0 saturated heterocycles. The highest BCUT2D eigenvalue weighted by molar-refractivity contribution is 7.91. The molecule has 0 bridgehead atoms. The summed E-state index contributed by atoms with van der Waals surface area (Å²) >= 11 is 0. The van der Waals surface area contributed by atoms with Gasteiger partial charge in [0.2, 0.25) is 0 Å². The van der Waals surface area contributed by atoms with E-state index >= 15 is 0 Å². The van der Waals surface area contributed by atoms with Crippen LogP contribution in [-0.4, -0.2) is 20.1 Å². The monoisotopic (exact) mass is 379 g/mol. The van der Waals surface area contributed by atoms with Crippen LogP contribution in [0.1, 0.15) is 36.0 Å². The molecule has 1 saturated carbocycles. The van der Waals surface area contributed by atoms with E-state index in [1.54, 1.807) is 0 Å². The molecule has 1 amide bonds. The van der Waals surface area contributed by atoms with Crippen LogP contribution in [0.25, 0.3) is 0 Å². The van der Waals surface area contributed by atoms with Crippen LogP contribution in [0.4, 0.5) is 14.5 Å². The van der Waals surface area contributed by atoms with Crippen molar-refractivity contribution < 1.29 is 22.0 Å². The lowest BCUT2D eigenvalue weighted by molar-refractivity contribution is 0.102. The first-order valence-electron chi connectivity index (χ1n) is 8.44.